The van der Waals surface area contributed by atoms with Gasteiger partial charge >= 0.3 is 0 Å². The number of aromatic nitrogens is 1. The largest absolute Gasteiger partial charge is 0.316 e. The number of sulfone groups is 1. The maximum atomic E-state index is 12.6. The third-order valence-corrected chi connectivity index (χ3v) is 7.98. The van der Waals surface area contributed by atoms with Gasteiger partial charge in [0.25, 0.3) is 5.91 Å². The number of nitrogens with zero attached hydrogens (tertiary/aromatic N) is 2. The zero-order chi connectivity index (χ0) is 21.2. The van der Waals surface area contributed by atoms with Gasteiger partial charge in [-0.2, -0.15) is 16.8 Å². The molecule has 0 radical (unpaired) electrons. The van der Waals surface area contributed by atoms with Crippen molar-refractivity contribution in [3.8, 4) is 0 Å². The first kappa shape index (κ1) is 21.8. The number of thioether (sulfide) groups is 1. The molecule has 154 valence electrons. The summed E-state index contributed by atoms with van der Waals surface area (Å²) >= 11 is 3.13. The zero-order valence-corrected chi connectivity index (χ0v) is 19.4. The van der Waals surface area contributed by atoms with E-state index in [0.29, 0.717) is 11.3 Å². The summed E-state index contributed by atoms with van der Waals surface area (Å²) in [5, 5.41) is 0. The van der Waals surface area contributed by atoms with Crippen molar-refractivity contribution >= 4 is 49.1 Å². The van der Waals surface area contributed by atoms with Gasteiger partial charge in [0.1, 0.15) is 5.75 Å². The van der Waals surface area contributed by atoms with Crippen LogP contribution in [0.3, 0.4) is 0 Å². The van der Waals surface area contributed by atoms with Gasteiger partial charge in [-0.1, -0.05) is 29.0 Å². The van der Waals surface area contributed by atoms with Crippen LogP contribution in [0.15, 0.2) is 46.3 Å². The van der Waals surface area contributed by atoms with Crippen LogP contribution in [0, 0.1) is 20.8 Å². The second-order valence-corrected chi connectivity index (χ2v) is 11.0. The fourth-order valence-electron chi connectivity index (χ4n) is 2.94. The van der Waals surface area contributed by atoms with Crippen molar-refractivity contribution < 1.29 is 13.2 Å². The lowest BCUT2D eigenvalue weighted by Crippen LogP contribution is -2.21. The van der Waals surface area contributed by atoms with Crippen LogP contribution in [-0.4, -0.2) is 36.7 Å². The number of hydrogen-bond donors (Lipinski definition) is 0. The molecule has 0 saturated carbocycles. The fraction of sp³-hybridized carbons (Fsp3) is 0.333. The summed E-state index contributed by atoms with van der Waals surface area (Å²) in [5.41, 5.74) is 4.34. The third kappa shape index (κ3) is 4.99. The van der Waals surface area contributed by atoms with Crippen molar-refractivity contribution in [3.05, 3.63) is 57.9 Å². The molecule has 2 aromatic carbocycles. The molecule has 5 nitrogen and oxygen atoms in total. The Labute approximate surface area is 179 Å². The van der Waals surface area contributed by atoms with Crippen molar-refractivity contribution in [2.45, 2.75) is 32.2 Å². The molecule has 0 spiro atoms. The highest BCUT2D eigenvalue weighted by atomic mass is 32.2. The molecule has 0 unspecified atom stereocenters. The minimum absolute atomic E-state index is 0.143. The Bertz CT molecular complexity index is 1220. The molecule has 0 aliphatic heterocycles. The van der Waals surface area contributed by atoms with Gasteiger partial charge in [-0.3, -0.25) is 4.79 Å². The number of carbonyl (C=O) groups is 1. The van der Waals surface area contributed by atoms with Crippen LogP contribution in [0.5, 0.6) is 0 Å². The second-order valence-electron chi connectivity index (χ2n) is 7.01. The van der Waals surface area contributed by atoms with Gasteiger partial charge in [-0.05, 0) is 62.4 Å². The molecule has 0 saturated heterocycles. The first-order valence-electron chi connectivity index (χ1n) is 9.18. The van der Waals surface area contributed by atoms with Crippen LogP contribution in [0.4, 0.5) is 0 Å². The molecule has 29 heavy (non-hydrogen) atoms. The molecule has 0 atom stereocenters. The van der Waals surface area contributed by atoms with Crippen LogP contribution in [-0.2, 0) is 21.2 Å². The number of amides is 1. The molecular weight excluding hydrogens is 424 g/mol. The predicted octanol–water partition coefficient (Wildman–Crippen LogP) is 3.89. The van der Waals surface area contributed by atoms with Crippen LogP contribution in [0.2, 0.25) is 0 Å². The van der Waals surface area contributed by atoms with Gasteiger partial charge in [0.15, 0.2) is 14.6 Å². The molecule has 3 aromatic rings. The topological polar surface area (TPSA) is 68.5 Å². The number of benzene rings is 2. The number of rotatable bonds is 6. The Morgan fingerprint density at radius 2 is 1.76 bits per heavy atom. The van der Waals surface area contributed by atoms with Crippen molar-refractivity contribution in [1.82, 2.24) is 4.57 Å². The Hall–Kier alpha value is -1.90. The summed E-state index contributed by atoms with van der Waals surface area (Å²) in [6.07, 6.45) is 2.03. The minimum atomic E-state index is -3.72. The standard InChI is InChI=1S/C21H24N2O3S3/c1-14-5-7-17(8-6-14)29(25,26)13-20(24)22-21-23(9-10-27-4)18-11-15(2)16(3)12-19(18)28-21/h5-8,11-12H,9-10,13H2,1-4H3. The Morgan fingerprint density at radius 3 is 2.41 bits per heavy atom. The number of carbonyl (C=O) groups excluding carboxylic acids is 1. The molecule has 0 bridgehead atoms. The molecule has 8 heteroatoms. The fourth-order valence-corrected chi connectivity index (χ4v) is 5.56. The summed E-state index contributed by atoms with van der Waals surface area (Å²) in [5.74, 6) is -0.407. The maximum absolute atomic E-state index is 12.6. The lowest BCUT2D eigenvalue weighted by molar-refractivity contribution is -0.115. The summed E-state index contributed by atoms with van der Waals surface area (Å²) in [4.78, 5) is 17.4. The van der Waals surface area contributed by atoms with E-state index in [1.54, 1.807) is 23.9 Å². The van der Waals surface area contributed by atoms with Crippen molar-refractivity contribution in [2.24, 2.45) is 4.99 Å². The average molecular weight is 449 g/mol. The van der Waals surface area contributed by atoms with Crippen molar-refractivity contribution in [2.75, 3.05) is 17.8 Å². The highest BCUT2D eigenvalue weighted by molar-refractivity contribution is 7.98. The monoisotopic (exact) mass is 448 g/mol. The Morgan fingerprint density at radius 1 is 1.10 bits per heavy atom. The van der Waals surface area contributed by atoms with Crippen LogP contribution < -0.4 is 4.80 Å². The van der Waals surface area contributed by atoms with E-state index in [-0.39, 0.29) is 4.90 Å². The van der Waals surface area contributed by atoms with Crippen LogP contribution in [0.25, 0.3) is 10.2 Å². The SMILES string of the molecule is CSCCn1c(=NC(=O)CS(=O)(=O)c2ccc(C)cc2)sc2cc(C)c(C)cc21. The molecule has 0 fully saturated rings. The summed E-state index contributed by atoms with van der Waals surface area (Å²) in [6.45, 7) is 6.70. The quantitative estimate of drug-likeness (QED) is 0.574. The Balaban J connectivity index is 2.00. The van der Waals surface area contributed by atoms with Gasteiger partial charge in [0, 0.05) is 12.3 Å². The van der Waals surface area contributed by atoms with Crippen molar-refractivity contribution in [3.63, 3.8) is 0 Å². The predicted molar refractivity (Wildman–Crippen MR) is 121 cm³/mol. The van der Waals surface area contributed by atoms with E-state index in [4.69, 9.17) is 0 Å². The highest BCUT2D eigenvalue weighted by Gasteiger charge is 2.19. The second kappa shape index (κ2) is 8.85. The van der Waals surface area contributed by atoms with E-state index < -0.39 is 21.5 Å². The smallest absolute Gasteiger partial charge is 0.263 e. The summed E-state index contributed by atoms with van der Waals surface area (Å²) < 4.78 is 28.2. The summed E-state index contributed by atoms with van der Waals surface area (Å²) in [7, 11) is -3.72. The van der Waals surface area contributed by atoms with Gasteiger partial charge < -0.3 is 4.57 Å². The number of thiazole rings is 1. The third-order valence-electron chi connectivity index (χ3n) is 4.73. The van der Waals surface area contributed by atoms with Crippen LogP contribution in [0.1, 0.15) is 16.7 Å². The number of fused-ring (bicyclic) bond motifs is 1. The van der Waals surface area contributed by atoms with E-state index in [1.165, 1.54) is 34.6 Å². The van der Waals surface area contributed by atoms with E-state index in [0.717, 1.165) is 21.5 Å². The first-order chi connectivity index (χ1) is 13.7. The van der Waals surface area contributed by atoms with Gasteiger partial charge in [0.2, 0.25) is 0 Å². The zero-order valence-electron chi connectivity index (χ0n) is 16.9. The summed E-state index contributed by atoms with van der Waals surface area (Å²) in [6, 6.07) is 10.7. The molecule has 0 aliphatic carbocycles. The van der Waals surface area contributed by atoms with Crippen molar-refractivity contribution in [1.29, 1.82) is 0 Å². The lowest BCUT2D eigenvalue weighted by atomic mass is 10.1. The van der Waals surface area contributed by atoms with E-state index in [2.05, 4.69) is 31.0 Å². The molecule has 1 aromatic heterocycles. The highest BCUT2D eigenvalue weighted by Crippen LogP contribution is 2.22. The molecule has 0 aliphatic rings. The van der Waals surface area contributed by atoms with Gasteiger partial charge in [0.05, 0.1) is 15.1 Å². The maximum Gasteiger partial charge on any atom is 0.263 e. The molecule has 3 rings (SSSR count). The normalized spacial score (nSPS) is 12.6. The molecular formula is C21H24N2O3S3. The molecule has 0 N–H and O–H groups in total. The van der Waals surface area contributed by atoms with E-state index in [9.17, 15) is 13.2 Å². The first-order valence-corrected chi connectivity index (χ1v) is 13.0. The van der Waals surface area contributed by atoms with Gasteiger partial charge in [-0.15, -0.1) is 0 Å². The number of hydrogen-bond acceptors (Lipinski definition) is 5. The molecule has 1 heterocycles. The lowest BCUT2D eigenvalue weighted by Gasteiger charge is -2.06. The van der Waals surface area contributed by atoms with E-state index in [1.807, 2.05) is 17.7 Å². The Kier molecular flexibility index (Phi) is 6.65. The number of aryl methyl sites for hydroxylation is 4. The average Bonchev–Trinajstić information content (AvgIpc) is 2.96. The van der Waals surface area contributed by atoms with E-state index >= 15 is 0 Å². The van der Waals surface area contributed by atoms with Crippen LogP contribution >= 0.6 is 23.1 Å². The minimum Gasteiger partial charge on any atom is -0.316 e. The molecule has 1 amide bonds. The van der Waals surface area contributed by atoms with Gasteiger partial charge in [-0.25, -0.2) is 8.42 Å².